The monoisotopic (exact) mass is 266 g/mol. The Kier molecular flexibility index (Phi) is 6.98. The molecule has 1 atom stereocenters. The van der Waals surface area contributed by atoms with Crippen molar-refractivity contribution in [3.8, 4) is 0 Å². The van der Waals surface area contributed by atoms with Crippen molar-refractivity contribution in [2.45, 2.75) is 19.4 Å². The van der Waals surface area contributed by atoms with Crippen LogP contribution in [0.1, 0.15) is 13.3 Å². The smallest absolute Gasteiger partial charge is 0.212 e. The van der Waals surface area contributed by atoms with Gasteiger partial charge in [-0.25, -0.2) is 13.1 Å². The summed E-state index contributed by atoms with van der Waals surface area (Å²) < 4.78 is 36.2. The summed E-state index contributed by atoms with van der Waals surface area (Å²) >= 11 is 0. The van der Waals surface area contributed by atoms with Crippen molar-refractivity contribution >= 4 is 10.0 Å². The molecule has 0 bridgehead atoms. The fourth-order valence-corrected chi connectivity index (χ4v) is 2.45. The average molecular weight is 266 g/mol. The van der Waals surface area contributed by atoms with E-state index in [1.807, 2.05) is 6.92 Å². The van der Waals surface area contributed by atoms with Crippen LogP contribution >= 0.6 is 0 Å². The molecule has 1 heterocycles. The molecular weight excluding hydrogens is 244 g/mol. The van der Waals surface area contributed by atoms with E-state index in [2.05, 4.69) is 10.0 Å². The third-order valence-electron chi connectivity index (χ3n) is 2.39. The van der Waals surface area contributed by atoms with E-state index in [4.69, 9.17) is 9.47 Å². The maximum absolute atomic E-state index is 11.6. The lowest BCUT2D eigenvalue weighted by Gasteiger charge is -2.23. The molecule has 0 aromatic carbocycles. The summed E-state index contributed by atoms with van der Waals surface area (Å²) in [6.45, 7) is 5.22. The first-order chi connectivity index (χ1) is 8.14. The second-order valence-electron chi connectivity index (χ2n) is 3.99. The molecule has 1 rings (SSSR count). The summed E-state index contributed by atoms with van der Waals surface area (Å²) in [5, 5.41) is 3.05. The molecule has 17 heavy (non-hydrogen) atoms. The van der Waals surface area contributed by atoms with E-state index < -0.39 is 10.0 Å². The SMILES string of the molecule is CCCNCCS(=O)(=O)NCC1COCCO1. The van der Waals surface area contributed by atoms with E-state index in [-0.39, 0.29) is 18.4 Å². The van der Waals surface area contributed by atoms with Gasteiger partial charge in [0.1, 0.15) is 0 Å². The van der Waals surface area contributed by atoms with E-state index in [0.29, 0.717) is 26.4 Å². The summed E-state index contributed by atoms with van der Waals surface area (Å²) in [4.78, 5) is 0. The zero-order chi connectivity index (χ0) is 12.6. The molecule has 0 aromatic rings. The molecule has 2 N–H and O–H groups in total. The summed E-state index contributed by atoms with van der Waals surface area (Å²) in [5.74, 6) is 0.0978. The maximum atomic E-state index is 11.6. The van der Waals surface area contributed by atoms with E-state index in [1.54, 1.807) is 0 Å². The number of ether oxygens (including phenoxy) is 2. The van der Waals surface area contributed by atoms with E-state index in [0.717, 1.165) is 13.0 Å². The molecule has 1 aliphatic heterocycles. The highest BCUT2D eigenvalue weighted by atomic mass is 32.2. The van der Waals surface area contributed by atoms with Crippen LogP contribution in [0.15, 0.2) is 0 Å². The average Bonchev–Trinajstić information content (AvgIpc) is 2.34. The van der Waals surface area contributed by atoms with Crippen LogP contribution in [0.25, 0.3) is 0 Å². The number of hydrogen-bond acceptors (Lipinski definition) is 5. The summed E-state index contributed by atoms with van der Waals surface area (Å²) in [6.07, 6.45) is 0.836. The molecule has 1 fully saturated rings. The molecule has 102 valence electrons. The number of hydrogen-bond donors (Lipinski definition) is 2. The van der Waals surface area contributed by atoms with Gasteiger partial charge in [-0.15, -0.1) is 0 Å². The van der Waals surface area contributed by atoms with Gasteiger partial charge in [0.25, 0.3) is 0 Å². The van der Waals surface area contributed by atoms with Gasteiger partial charge in [-0.2, -0.15) is 0 Å². The third-order valence-corrected chi connectivity index (χ3v) is 3.74. The molecule has 6 nitrogen and oxygen atoms in total. The highest BCUT2D eigenvalue weighted by Crippen LogP contribution is 1.99. The lowest BCUT2D eigenvalue weighted by molar-refractivity contribution is -0.0846. The Bertz CT molecular complexity index is 289. The Morgan fingerprint density at radius 1 is 1.29 bits per heavy atom. The first kappa shape index (κ1) is 14.8. The molecule has 0 amide bonds. The van der Waals surface area contributed by atoms with Gasteiger partial charge in [0.2, 0.25) is 10.0 Å². The number of sulfonamides is 1. The van der Waals surface area contributed by atoms with Crippen LogP contribution in [0.3, 0.4) is 0 Å². The van der Waals surface area contributed by atoms with Crippen LogP contribution in [0.5, 0.6) is 0 Å². The van der Waals surface area contributed by atoms with Crippen LogP contribution in [-0.2, 0) is 19.5 Å². The van der Waals surface area contributed by atoms with Gasteiger partial charge in [-0.1, -0.05) is 6.92 Å². The first-order valence-electron chi connectivity index (χ1n) is 6.01. The van der Waals surface area contributed by atoms with Crippen molar-refractivity contribution in [1.82, 2.24) is 10.0 Å². The molecule has 0 aliphatic carbocycles. The predicted octanol–water partition coefficient (Wildman–Crippen LogP) is -0.679. The Morgan fingerprint density at radius 3 is 2.76 bits per heavy atom. The fraction of sp³-hybridized carbons (Fsp3) is 1.00. The quantitative estimate of drug-likeness (QED) is 0.569. The van der Waals surface area contributed by atoms with E-state index >= 15 is 0 Å². The zero-order valence-electron chi connectivity index (χ0n) is 10.3. The van der Waals surface area contributed by atoms with Crippen LogP contribution < -0.4 is 10.0 Å². The molecule has 0 aromatic heterocycles. The minimum atomic E-state index is -3.21. The van der Waals surface area contributed by atoms with Gasteiger partial charge in [0.05, 0.1) is 31.7 Å². The molecule has 0 saturated carbocycles. The molecular formula is C10H22N2O4S. The van der Waals surface area contributed by atoms with Crippen molar-refractivity contribution < 1.29 is 17.9 Å². The lowest BCUT2D eigenvalue weighted by Crippen LogP contribution is -2.41. The van der Waals surface area contributed by atoms with Gasteiger partial charge >= 0.3 is 0 Å². The topological polar surface area (TPSA) is 76.7 Å². The van der Waals surface area contributed by atoms with Crippen molar-refractivity contribution in [1.29, 1.82) is 0 Å². The summed E-state index contributed by atoms with van der Waals surface area (Å²) in [6, 6.07) is 0. The first-order valence-corrected chi connectivity index (χ1v) is 7.66. The van der Waals surface area contributed by atoms with Crippen LogP contribution in [0.4, 0.5) is 0 Å². The van der Waals surface area contributed by atoms with Gasteiger partial charge in [-0.3, -0.25) is 0 Å². The van der Waals surface area contributed by atoms with Crippen LogP contribution in [-0.4, -0.2) is 59.7 Å². The van der Waals surface area contributed by atoms with Gasteiger partial charge in [-0.05, 0) is 13.0 Å². The highest BCUT2D eigenvalue weighted by Gasteiger charge is 2.17. The van der Waals surface area contributed by atoms with Gasteiger partial charge < -0.3 is 14.8 Å². The molecule has 7 heteroatoms. The normalized spacial score (nSPS) is 21.6. The van der Waals surface area contributed by atoms with E-state index in [1.165, 1.54) is 0 Å². The largest absolute Gasteiger partial charge is 0.376 e. The van der Waals surface area contributed by atoms with Crippen LogP contribution in [0.2, 0.25) is 0 Å². The lowest BCUT2D eigenvalue weighted by atomic mass is 10.3. The summed E-state index contributed by atoms with van der Waals surface area (Å²) in [7, 11) is -3.21. The van der Waals surface area contributed by atoms with Gasteiger partial charge in [0.15, 0.2) is 0 Å². The Labute approximate surface area is 103 Å². The van der Waals surface area contributed by atoms with Crippen molar-refractivity contribution in [3.05, 3.63) is 0 Å². The minimum Gasteiger partial charge on any atom is -0.376 e. The predicted molar refractivity (Wildman–Crippen MR) is 65.5 cm³/mol. The van der Waals surface area contributed by atoms with Crippen molar-refractivity contribution in [3.63, 3.8) is 0 Å². The minimum absolute atomic E-state index is 0.0978. The van der Waals surface area contributed by atoms with Crippen molar-refractivity contribution in [2.24, 2.45) is 0 Å². The zero-order valence-corrected chi connectivity index (χ0v) is 11.1. The molecule has 1 saturated heterocycles. The van der Waals surface area contributed by atoms with Gasteiger partial charge in [0, 0.05) is 13.1 Å². The fourth-order valence-electron chi connectivity index (χ4n) is 1.45. The molecule has 0 spiro atoms. The third kappa shape index (κ3) is 6.95. The Hall–Kier alpha value is -0.210. The second-order valence-corrected chi connectivity index (χ2v) is 5.91. The molecule has 1 unspecified atom stereocenters. The standard InChI is InChI=1S/C10H22N2O4S/c1-2-3-11-4-7-17(13,14)12-8-10-9-15-5-6-16-10/h10-12H,2-9H2,1H3. The number of nitrogens with one attached hydrogen (secondary N) is 2. The number of rotatable bonds is 8. The van der Waals surface area contributed by atoms with E-state index in [9.17, 15) is 8.42 Å². The molecule has 0 radical (unpaired) electrons. The highest BCUT2D eigenvalue weighted by molar-refractivity contribution is 7.89. The van der Waals surface area contributed by atoms with Crippen LogP contribution in [0, 0.1) is 0 Å². The summed E-state index contributed by atoms with van der Waals surface area (Å²) in [5.41, 5.74) is 0. The Morgan fingerprint density at radius 2 is 2.12 bits per heavy atom. The Balaban J connectivity index is 2.14. The second kappa shape index (κ2) is 7.99. The molecule has 1 aliphatic rings. The maximum Gasteiger partial charge on any atom is 0.212 e. The van der Waals surface area contributed by atoms with Crippen molar-refractivity contribution in [2.75, 3.05) is 45.2 Å².